The minimum absolute atomic E-state index is 0.0520. The second-order valence-electron chi connectivity index (χ2n) is 4.06. The SMILES string of the molecule is CCOC(=O)CCCNc1c(C)cccc1[N+](=O)[O-]. The quantitative estimate of drug-likeness (QED) is 0.355. The average Bonchev–Trinajstić information content (AvgIpc) is 2.36. The number of nitro groups is 1. The molecule has 19 heavy (non-hydrogen) atoms. The number of nitrogens with one attached hydrogen (secondary N) is 1. The normalized spacial score (nSPS) is 10.0. The van der Waals surface area contributed by atoms with Gasteiger partial charge >= 0.3 is 5.97 Å². The fraction of sp³-hybridized carbons (Fsp3) is 0.462. The number of rotatable bonds is 7. The highest BCUT2D eigenvalue weighted by Crippen LogP contribution is 2.27. The fourth-order valence-corrected chi connectivity index (χ4v) is 1.71. The Bertz CT molecular complexity index is 460. The first kappa shape index (κ1) is 14.9. The first-order chi connectivity index (χ1) is 9.06. The zero-order chi connectivity index (χ0) is 14.3. The van der Waals surface area contributed by atoms with Gasteiger partial charge in [0, 0.05) is 19.0 Å². The van der Waals surface area contributed by atoms with Gasteiger partial charge in [-0.2, -0.15) is 0 Å². The van der Waals surface area contributed by atoms with E-state index in [1.54, 1.807) is 26.0 Å². The number of anilines is 1. The predicted octanol–water partition coefficient (Wildman–Crippen LogP) is 2.66. The number of para-hydroxylation sites is 1. The lowest BCUT2D eigenvalue weighted by Gasteiger charge is -2.09. The van der Waals surface area contributed by atoms with Crippen LogP contribution in [-0.2, 0) is 9.53 Å². The Hall–Kier alpha value is -2.11. The Balaban J connectivity index is 2.54. The van der Waals surface area contributed by atoms with Gasteiger partial charge in [0.15, 0.2) is 0 Å². The average molecular weight is 266 g/mol. The summed E-state index contributed by atoms with van der Waals surface area (Å²) in [5.74, 6) is -0.247. The van der Waals surface area contributed by atoms with Crippen LogP contribution >= 0.6 is 0 Å². The van der Waals surface area contributed by atoms with Crippen molar-refractivity contribution in [2.24, 2.45) is 0 Å². The number of carbonyl (C=O) groups excluding carboxylic acids is 1. The standard InChI is InChI=1S/C13H18N2O4/c1-3-19-12(16)8-5-9-14-13-10(2)6-4-7-11(13)15(17)18/h4,6-7,14H,3,5,8-9H2,1-2H3. The third-order valence-electron chi connectivity index (χ3n) is 2.61. The van der Waals surface area contributed by atoms with Crippen LogP contribution in [-0.4, -0.2) is 24.0 Å². The molecule has 6 heteroatoms. The molecule has 0 amide bonds. The van der Waals surface area contributed by atoms with Crippen molar-refractivity contribution in [1.29, 1.82) is 0 Å². The number of carbonyl (C=O) groups is 1. The fourth-order valence-electron chi connectivity index (χ4n) is 1.71. The molecule has 1 aromatic carbocycles. The molecule has 1 rings (SSSR count). The van der Waals surface area contributed by atoms with Crippen molar-refractivity contribution in [3.05, 3.63) is 33.9 Å². The van der Waals surface area contributed by atoms with Gasteiger partial charge in [0.05, 0.1) is 11.5 Å². The van der Waals surface area contributed by atoms with Crippen LogP contribution in [0.3, 0.4) is 0 Å². The van der Waals surface area contributed by atoms with Crippen molar-refractivity contribution in [2.45, 2.75) is 26.7 Å². The van der Waals surface area contributed by atoms with Gasteiger partial charge in [0.25, 0.3) is 5.69 Å². The van der Waals surface area contributed by atoms with Crippen LogP contribution in [0.15, 0.2) is 18.2 Å². The van der Waals surface area contributed by atoms with Gasteiger partial charge in [-0.15, -0.1) is 0 Å². The Morgan fingerprint density at radius 1 is 1.47 bits per heavy atom. The largest absolute Gasteiger partial charge is 0.466 e. The van der Waals surface area contributed by atoms with Gasteiger partial charge < -0.3 is 10.1 Å². The van der Waals surface area contributed by atoms with Gasteiger partial charge in [0.2, 0.25) is 0 Å². The van der Waals surface area contributed by atoms with E-state index in [-0.39, 0.29) is 11.7 Å². The van der Waals surface area contributed by atoms with Gasteiger partial charge in [-0.1, -0.05) is 12.1 Å². The van der Waals surface area contributed by atoms with Crippen LogP contribution < -0.4 is 5.32 Å². The zero-order valence-corrected chi connectivity index (χ0v) is 11.1. The summed E-state index contributed by atoms with van der Waals surface area (Å²) in [4.78, 5) is 21.6. The van der Waals surface area contributed by atoms with Crippen LogP contribution in [0.1, 0.15) is 25.3 Å². The molecule has 0 radical (unpaired) electrons. The number of aryl methyl sites for hydroxylation is 1. The zero-order valence-electron chi connectivity index (χ0n) is 11.1. The van der Waals surface area contributed by atoms with E-state index in [1.807, 2.05) is 0 Å². The molecule has 0 aliphatic rings. The van der Waals surface area contributed by atoms with Crippen LogP contribution in [0.25, 0.3) is 0 Å². The Labute approximate surface area is 111 Å². The highest BCUT2D eigenvalue weighted by Gasteiger charge is 2.14. The number of hydrogen-bond acceptors (Lipinski definition) is 5. The van der Waals surface area contributed by atoms with E-state index in [1.165, 1.54) is 6.07 Å². The molecule has 0 spiro atoms. The maximum Gasteiger partial charge on any atom is 0.305 e. The van der Waals surface area contributed by atoms with Gasteiger partial charge in [-0.3, -0.25) is 14.9 Å². The number of nitrogens with zero attached hydrogens (tertiary/aromatic N) is 1. The lowest BCUT2D eigenvalue weighted by atomic mass is 10.1. The monoisotopic (exact) mass is 266 g/mol. The number of ether oxygens (including phenoxy) is 1. The second kappa shape index (κ2) is 7.35. The molecule has 6 nitrogen and oxygen atoms in total. The molecule has 1 aromatic rings. The summed E-state index contributed by atoms with van der Waals surface area (Å²) in [5.41, 5.74) is 1.37. The summed E-state index contributed by atoms with van der Waals surface area (Å²) in [6.45, 7) is 4.42. The molecule has 0 aromatic heterocycles. The highest BCUT2D eigenvalue weighted by molar-refractivity contribution is 5.69. The van der Waals surface area contributed by atoms with E-state index in [2.05, 4.69) is 5.32 Å². The molecule has 0 heterocycles. The molecular formula is C13H18N2O4. The minimum Gasteiger partial charge on any atom is -0.466 e. The predicted molar refractivity (Wildman–Crippen MR) is 72.2 cm³/mol. The molecule has 0 fully saturated rings. The highest BCUT2D eigenvalue weighted by atomic mass is 16.6. The lowest BCUT2D eigenvalue weighted by molar-refractivity contribution is -0.384. The first-order valence-electron chi connectivity index (χ1n) is 6.19. The van der Waals surface area contributed by atoms with Crippen molar-refractivity contribution in [2.75, 3.05) is 18.5 Å². The number of nitro benzene ring substituents is 1. The van der Waals surface area contributed by atoms with E-state index >= 15 is 0 Å². The van der Waals surface area contributed by atoms with Gasteiger partial charge in [-0.25, -0.2) is 0 Å². The molecular weight excluding hydrogens is 248 g/mol. The van der Waals surface area contributed by atoms with Gasteiger partial charge in [-0.05, 0) is 25.8 Å². The summed E-state index contributed by atoms with van der Waals surface area (Å²) in [7, 11) is 0. The third-order valence-corrected chi connectivity index (χ3v) is 2.61. The molecule has 0 saturated heterocycles. The Morgan fingerprint density at radius 2 is 2.21 bits per heavy atom. The van der Waals surface area contributed by atoms with Crippen molar-refractivity contribution in [1.82, 2.24) is 0 Å². The van der Waals surface area contributed by atoms with E-state index in [0.29, 0.717) is 31.7 Å². The molecule has 104 valence electrons. The van der Waals surface area contributed by atoms with Crippen molar-refractivity contribution in [3.8, 4) is 0 Å². The maximum atomic E-state index is 11.1. The first-order valence-corrected chi connectivity index (χ1v) is 6.19. The summed E-state index contributed by atoms with van der Waals surface area (Å²) < 4.78 is 4.80. The van der Waals surface area contributed by atoms with Crippen LogP contribution in [0.2, 0.25) is 0 Å². The topological polar surface area (TPSA) is 81.5 Å². The van der Waals surface area contributed by atoms with Crippen molar-refractivity contribution in [3.63, 3.8) is 0 Å². The van der Waals surface area contributed by atoms with E-state index in [4.69, 9.17) is 4.74 Å². The van der Waals surface area contributed by atoms with Crippen LogP contribution in [0.4, 0.5) is 11.4 Å². The second-order valence-corrected chi connectivity index (χ2v) is 4.06. The summed E-state index contributed by atoms with van der Waals surface area (Å²) in [6.07, 6.45) is 0.880. The summed E-state index contributed by atoms with van der Waals surface area (Å²) in [6, 6.07) is 4.92. The van der Waals surface area contributed by atoms with Crippen LogP contribution in [0, 0.1) is 17.0 Å². The van der Waals surface area contributed by atoms with Gasteiger partial charge in [0.1, 0.15) is 5.69 Å². The number of benzene rings is 1. The Morgan fingerprint density at radius 3 is 2.84 bits per heavy atom. The molecule has 0 bridgehead atoms. The minimum atomic E-state index is -0.416. The molecule has 0 aliphatic heterocycles. The number of hydrogen-bond donors (Lipinski definition) is 1. The molecule has 1 N–H and O–H groups in total. The lowest BCUT2D eigenvalue weighted by Crippen LogP contribution is -2.09. The smallest absolute Gasteiger partial charge is 0.305 e. The number of esters is 1. The summed E-state index contributed by atoms with van der Waals surface area (Å²) in [5, 5.41) is 13.9. The van der Waals surface area contributed by atoms with E-state index < -0.39 is 4.92 Å². The molecule has 0 saturated carbocycles. The summed E-state index contributed by atoms with van der Waals surface area (Å²) >= 11 is 0. The van der Waals surface area contributed by atoms with Crippen LogP contribution in [0.5, 0.6) is 0 Å². The van der Waals surface area contributed by atoms with E-state index in [9.17, 15) is 14.9 Å². The third kappa shape index (κ3) is 4.57. The Kier molecular flexibility index (Phi) is 5.78. The maximum absolute atomic E-state index is 11.1. The van der Waals surface area contributed by atoms with Crippen molar-refractivity contribution >= 4 is 17.3 Å². The van der Waals surface area contributed by atoms with E-state index in [0.717, 1.165) is 5.56 Å². The van der Waals surface area contributed by atoms with Crippen molar-refractivity contribution < 1.29 is 14.5 Å². The molecule has 0 unspecified atom stereocenters. The molecule has 0 atom stereocenters. The molecule has 0 aliphatic carbocycles.